The molecule has 1 atom stereocenters. The highest BCUT2D eigenvalue weighted by molar-refractivity contribution is 5.92. The zero-order valence-electron chi connectivity index (χ0n) is 15.7. The smallest absolute Gasteiger partial charge is 0.306 e. The summed E-state index contributed by atoms with van der Waals surface area (Å²) in [5.74, 6) is -0.779. The molecule has 0 aromatic rings. The minimum absolute atomic E-state index is 0.0243. The van der Waals surface area contributed by atoms with Crippen LogP contribution in [0.15, 0.2) is 0 Å². The normalized spacial score (nSPS) is 12.6. The van der Waals surface area contributed by atoms with Crippen molar-refractivity contribution >= 4 is 23.4 Å². The summed E-state index contributed by atoms with van der Waals surface area (Å²) in [7, 11) is 0. The predicted octanol–water partition coefficient (Wildman–Crippen LogP) is 2.58. The van der Waals surface area contributed by atoms with Crippen LogP contribution in [-0.2, 0) is 23.9 Å². The minimum Gasteiger partial charge on any atom is -0.460 e. The van der Waals surface area contributed by atoms with Crippen molar-refractivity contribution in [2.45, 2.75) is 85.3 Å². The lowest BCUT2D eigenvalue weighted by Crippen LogP contribution is -2.42. The van der Waals surface area contributed by atoms with Gasteiger partial charge in [-0.1, -0.05) is 13.8 Å². The van der Waals surface area contributed by atoms with E-state index in [0.717, 1.165) is 0 Å². The van der Waals surface area contributed by atoms with Crippen molar-refractivity contribution in [2.75, 3.05) is 0 Å². The summed E-state index contributed by atoms with van der Waals surface area (Å²) >= 11 is 0. The van der Waals surface area contributed by atoms with E-state index < -0.39 is 17.6 Å². The fraction of sp³-hybridized carbons (Fsp3) is 0.778. The molecule has 1 unspecified atom stereocenters. The van der Waals surface area contributed by atoms with Crippen LogP contribution in [0.1, 0.15) is 73.6 Å². The molecule has 1 amide bonds. The van der Waals surface area contributed by atoms with Gasteiger partial charge in [0.2, 0.25) is 5.91 Å². The molecule has 6 heteroatoms. The van der Waals surface area contributed by atoms with Crippen LogP contribution in [0, 0.1) is 5.92 Å². The van der Waals surface area contributed by atoms with Crippen molar-refractivity contribution in [3.05, 3.63) is 0 Å². The number of rotatable bonds is 10. The van der Waals surface area contributed by atoms with Crippen molar-refractivity contribution in [3.8, 4) is 0 Å². The van der Waals surface area contributed by atoms with Crippen LogP contribution in [0.2, 0.25) is 0 Å². The highest BCUT2D eigenvalue weighted by Crippen LogP contribution is 2.11. The summed E-state index contributed by atoms with van der Waals surface area (Å²) in [6.07, 6.45) is 0.762. The predicted molar refractivity (Wildman–Crippen MR) is 91.4 cm³/mol. The lowest BCUT2D eigenvalue weighted by molar-refractivity contribution is -0.155. The Labute approximate surface area is 144 Å². The molecule has 0 heterocycles. The molecular formula is C18H31NO5. The number of amides is 1. The van der Waals surface area contributed by atoms with Gasteiger partial charge in [-0.25, -0.2) is 0 Å². The first-order valence-corrected chi connectivity index (χ1v) is 8.44. The van der Waals surface area contributed by atoms with Gasteiger partial charge in [0.15, 0.2) is 5.78 Å². The molecule has 0 aliphatic rings. The van der Waals surface area contributed by atoms with E-state index >= 15 is 0 Å². The summed E-state index contributed by atoms with van der Waals surface area (Å²) in [4.78, 5) is 46.8. The van der Waals surface area contributed by atoms with Crippen molar-refractivity contribution in [2.24, 2.45) is 5.92 Å². The van der Waals surface area contributed by atoms with E-state index in [9.17, 15) is 19.2 Å². The van der Waals surface area contributed by atoms with E-state index in [1.165, 1.54) is 6.92 Å². The van der Waals surface area contributed by atoms with Crippen molar-refractivity contribution in [1.29, 1.82) is 0 Å². The number of Topliss-reactive ketones (excluding diaryl/α,β-unsaturated/α-hetero) is 2. The number of ketones is 2. The maximum atomic E-state index is 12.2. The van der Waals surface area contributed by atoms with Gasteiger partial charge in [-0.2, -0.15) is 0 Å². The third kappa shape index (κ3) is 11.8. The number of ether oxygens (including phenoxy) is 1. The lowest BCUT2D eigenvalue weighted by Gasteiger charge is -2.21. The first kappa shape index (κ1) is 22.3. The quantitative estimate of drug-likeness (QED) is 0.617. The van der Waals surface area contributed by atoms with Crippen molar-refractivity contribution < 1.29 is 23.9 Å². The largest absolute Gasteiger partial charge is 0.460 e. The molecule has 0 aliphatic carbocycles. The number of carbonyl (C=O) groups is 4. The Balaban J connectivity index is 4.51. The molecule has 0 bridgehead atoms. The number of carbonyl (C=O) groups excluding carboxylic acids is 4. The van der Waals surface area contributed by atoms with Gasteiger partial charge < -0.3 is 14.8 Å². The van der Waals surface area contributed by atoms with Crippen LogP contribution in [0.3, 0.4) is 0 Å². The molecule has 0 saturated carbocycles. The topological polar surface area (TPSA) is 89.5 Å². The highest BCUT2D eigenvalue weighted by Gasteiger charge is 2.23. The summed E-state index contributed by atoms with van der Waals surface area (Å²) in [6, 6.07) is -0.615. The van der Waals surface area contributed by atoms with Crippen LogP contribution < -0.4 is 5.32 Å². The minimum atomic E-state index is -0.615. The maximum absolute atomic E-state index is 12.2. The van der Waals surface area contributed by atoms with Gasteiger partial charge in [0.1, 0.15) is 11.4 Å². The fourth-order valence-electron chi connectivity index (χ4n) is 2.09. The fourth-order valence-corrected chi connectivity index (χ4v) is 2.09. The van der Waals surface area contributed by atoms with E-state index in [4.69, 9.17) is 4.74 Å². The first-order valence-electron chi connectivity index (χ1n) is 8.44. The molecule has 0 aromatic carbocycles. The Bertz CT molecular complexity index is 463. The van der Waals surface area contributed by atoms with Gasteiger partial charge >= 0.3 is 5.97 Å². The van der Waals surface area contributed by atoms with Crippen LogP contribution in [0.4, 0.5) is 0 Å². The van der Waals surface area contributed by atoms with Crippen molar-refractivity contribution in [1.82, 2.24) is 5.32 Å². The second-order valence-electron chi connectivity index (χ2n) is 7.50. The third-order valence-corrected chi connectivity index (χ3v) is 3.13. The van der Waals surface area contributed by atoms with Crippen molar-refractivity contribution in [3.63, 3.8) is 0 Å². The molecular weight excluding hydrogens is 310 g/mol. The zero-order chi connectivity index (χ0) is 18.9. The molecule has 1 N–H and O–H groups in total. The van der Waals surface area contributed by atoms with E-state index in [-0.39, 0.29) is 49.1 Å². The van der Waals surface area contributed by atoms with Crippen LogP contribution in [0.5, 0.6) is 0 Å². The first-order chi connectivity index (χ1) is 10.9. The molecule has 0 aromatic heterocycles. The van der Waals surface area contributed by atoms with Gasteiger partial charge in [-0.3, -0.25) is 14.4 Å². The molecule has 0 fully saturated rings. The Hall–Kier alpha value is -1.72. The number of nitrogens with one attached hydrogen (secondary N) is 1. The van der Waals surface area contributed by atoms with Gasteiger partial charge in [0, 0.05) is 19.3 Å². The third-order valence-electron chi connectivity index (χ3n) is 3.13. The average Bonchev–Trinajstić information content (AvgIpc) is 2.39. The highest BCUT2D eigenvalue weighted by atomic mass is 16.6. The molecule has 0 saturated heterocycles. The van der Waals surface area contributed by atoms with E-state index in [1.54, 1.807) is 20.8 Å². The standard InChI is InChI=1S/C18H31NO5/c1-12(2)11-14(15(21)8-7-13(3)20)19-16(22)9-10-17(23)24-18(4,5)6/h12,14H,7-11H2,1-6H3,(H,19,22). The number of esters is 1. The summed E-state index contributed by atoms with van der Waals surface area (Å²) in [5.41, 5.74) is -0.587. The molecule has 0 aliphatic heterocycles. The lowest BCUT2D eigenvalue weighted by atomic mass is 9.97. The number of hydrogen-bond acceptors (Lipinski definition) is 5. The molecule has 138 valence electrons. The van der Waals surface area contributed by atoms with Crippen LogP contribution in [0.25, 0.3) is 0 Å². The molecule has 0 rings (SSSR count). The van der Waals surface area contributed by atoms with Gasteiger partial charge in [-0.05, 0) is 40.0 Å². The van der Waals surface area contributed by atoms with Crippen LogP contribution in [-0.4, -0.2) is 35.1 Å². The van der Waals surface area contributed by atoms with E-state index in [0.29, 0.717) is 6.42 Å². The molecule has 0 radical (unpaired) electrons. The Morgan fingerprint density at radius 2 is 1.54 bits per heavy atom. The average molecular weight is 341 g/mol. The zero-order valence-corrected chi connectivity index (χ0v) is 15.7. The number of hydrogen-bond donors (Lipinski definition) is 1. The molecule has 6 nitrogen and oxygen atoms in total. The van der Waals surface area contributed by atoms with Gasteiger partial charge in [-0.15, -0.1) is 0 Å². The second kappa shape index (κ2) is 10.2. The summed E-state index contributed by atoms with van der Waals surface area (Å²) in [5, 5.41) is 2.68. The Morgan fingerprint density at radius 1 is 0.958 bits per heavy atom. The Kier molecular flexibility index (Phi) is 9.48. The van der Waals surface area contributed by atoms with Gasteiger partial charge in [0.25, 0.3) is 0 Å². The Morgan fingerprint density at radius 3 is 2.00 bits per heavy atom. The van der Waals surface area contributed by atoms with E-state index in [2.05, 4.69) is 5.32 Å². The van der Waals surface area contributed by atoms with E-state index in [1.807, 2.05) is 13.8 Å². The monoisotopic (exact) mass is 341 g/mol. The summed E-state index contributed by atoms with van der Waals surface area (Å²) in [6.45, 7) is 10.6. The SMILES string of the molecule is CC(=O)CCC(=O)C(CC(C)C)NC(=O)CCC(=O)OC(C)(C)C. The summed E-state index contributed by atoms with van der Waals surface area (Å²) < 4.78 is 5.15. The second-order valence-corrected chi connectivity index (χ2v) is 7.50. The van der Waals surface area contributed by atoms with Gasteiger partial charge in [0.05, 0.1) is 12.5 Å². The maximum Gasteiger partial charge on any atom is 0.306 e. The van der Waals surface area contributed by atoms with Crippen LogP contribution >= 0.6 is 0 Å². The molecule has 24 heavy (non-hydrogen) atoms. The molecule has 0 spiro atoms.